The van der Waals surface area contributed by atoms with Gasteiger partial charge >= 0.3 is 0 Å². The van der Waals surface area contributed by atoms with Gasteiger partial charge in [0.15, 0.2) is 23.0 Å². The highest BCUT2D eigenvalue weighted by molar-refractivity contribution is 5.55. The summed E-state index contributed by atoms with van der Waals surface area (Å²) in [6.45, 7) is 0.916. The average molecular weight is 447 g/mol. The van der Waals surface area contributed by atoms with Crippen molar-refractivity contribution in [2.75, 3.05) is 63.0 Å². The molecule has 3 rings (SSSR count). The summed E-state index contributed by atoms with van der Waals surface area (Å²) in [7, 11) is 11.7. The minimum atomic E-state index is -0.588. The first-order chi connectivity index (χ1) is 15.5. The second kappa shape index (κ2) is 10.4. The molecule has 1 aliphatic rings. The lowest BCUT2D eigenvalue weighted by Crippen LogP contribution is -2.53. The Morgan fingerprint density at radius 2 is 1.38 bits per heavy atom. The molecule has 0 radical (unpaired) electrons. The van der Waals surface area contributed by atoms with Crippen molar-refractivity contribution in [1.82, 2.24) is 0 Å². The summed E-state index contributed by atoms with van der Waals surface area (Å²) >= 11 is 0. The summed E-state index contributed by atoms with van der Waals surface area (Å²) in [4.78, 5) is 0. The molecule has 0 fully saturated rings. The van der Waals surface area contributed by atoms with Crippen molar-refractivity contribution in [3.8, 4) is 23.0 Å². The quantitative estimate of drug-likeness (QED) is 0.551. The van der Waals surface area contributed by atoms with E-state index in [4.69, 9.17) is 33.2 Å². The lowest BCUT2D eigenvalue weighted by Gasteiger charge is -2.48. The van der Waals surface area contributed by atoms with Crippen LogP contribution in [0.4, 0.5) is 0 Å². The Hall–Kier alpha value is -2.48. The fraction of sp³-hybridized carbons (Fsp3) is 0.520. The smallest absolute Gasteiger partial charge is 0.161 e. The van der Waals surface area contributed by atoms with Gasteiger partial charge in [0, 0.05) is 39.6 Å². The number of fused-ring (bicyclic) bond motifs is 1. The minimum absolute atomic E-state index is 0.0267. The predicted octanol–water partition coefficient (Wildman–Crippen LogP) is 3.70. The van der Waals surface area contributed by atoms with Crippen LogP contribution in [0.3, 0.4) is 0 Å². The van der Waals surface area contributed by atoms with E-state index in [2.05, 4.69) is 12.1 Å². The second-order valence-electron chi connectivity index (χ2n) is 7.94. The Labute approximate surface area is 190 Å². The predicted molar refractivity (Wildman–Crippen MR) is 122 cm³/mol. The summed E-state index contributed by atoms with van der Waals surface area (Å²) in [5.74, 6) is 2.63. The molecule has 7 nitrogen and oxygen atoms in total. The van der Waals surface area contributed by atoms with Crippen LogP contribution in [-0.2, 0) is 20.6 Å². The SMILES string of the molecule is COC[C@@H]1[C@@H](c2ccc(OC)c(OC)c2)c2cc(OC)c(OC)cc2C[C@]1(COC)OC. The number of ether oxygens (including phenoxy) is 7. The van der Waals surface area contributed by atoms with E-state index in [1.54, 1.807) is 49.8 Å². The fourth-order valence-corrected chi connectivity index (χ4v) is 4.92. The van der Waals surface area contributed by atoms with Gasteiger partial charge in [-0.3, -0.25) is 0 Å². The highest BCUT2D eigenvalue weighted by Gasteiger charge is 2.49. The van der Waals surface area contributed by atoms with E-state index < -0.39 is 5.60 Å². The van der Waals surface area contributed by atoms with Gasteiger partial charge in [0.1, 0.15) is 5.60 Å². The Kier molecular flexibility index (Phi) is 7.87. The van der Waals surface area contributed by atoms with Gasteiger partial charge in [0.25, 0.3) is 0 Å². The van der Waals surface area contributed by atoms with Crippen molar-refractivity contribution in [1.29, 1.82) is 0 Å². The molecule has 7 heteroatoms. The number of hydrogen-bond donors (Lipinski definition) is 0. The normalized spacial score (nSPS) is 22.2. The minimum Gasteiger partial charge on any atom is -0.493 e. The molecule has 0 aromatic heterocycles. The summed E-state index contributed by atoms with van der Waals surface area (Å²) in [5, 5.41) is 0. The van der Waals surface area contributed by atoms with E-state index in [9.17, 15) is 0 Å². The molecule has 0 bridgehead atoms. The van der Waals surface area contributed by atoms with E-state index in [0.717, 1.165) is 16.7 Å². The van der Waals surface area contributed by atoms with Crippen LogP contribution in [0.1, 0.15) is 22.6 Å². The molecule has 0 N–H and O–H groups in total. The first kappa shape index (κ1) is 24.2. The highest BCUT2D eigenvalue weighted by atomic mass is 16.5. The Morgan fingerprint density at radius 3 is 1.94 bits per heavy atom. The van der Waals surface area contributed by atoms with Crippen molar-refractivity contribution in [2.24, 2.45) is 5.92 Å². The standard InChI is InChI=1S/C25H34O7/c1-26-14-19-24(16-8-9-20(28-3)21(10-16)29-4)18-12-23(31-6)22(30-5)11-17(18)13-25(19,32-7)15-27-2/h8-12,19,24H,13-15H2,1-7H3/t19-,24+,25-/m1/s1. The Bertz CT molecular complexity index is 913. The van der Waals surface area contributed by atoms with Gasteiger partial charge in [0.2, 0.25) is 0 Å². The van der Waals surface area contributed by atoms with E-state index in [1.165, 1.54) is 0 Å². The molecule has 0 spiro atoms. The number of benzene rings is 2. The van der Waals surface area contributed by atoms with Gasteiger partial charge in [0.05, 0.1) is 41.7 Å². The van der Waals surface area contributed by atoms with Gasteiger partial charge in [-0.15, -0.1) is 0 Å². The summed E-state index contributed by atoms with van der Waals surface area (Å²) < 4.78 is 39.8. The molecular weight excluding hydrogens is 412 g/mol. The third kappa shape index (κ3) is 4.25. The molecule has 2 aromatic carbocycles. The lowest BCUT2D eigenvalue weighted by atomic mass is 9.64. The molecule has 1 aliphatic carbocycles. The van der Waals surface area contributed by atoms with Crippen LogP contribution in [0.5, 0.6) is 23.0 Å². The van der Waals surface area contributed by atoms with Crippen LogP contribution in [0.2, 0.25) is 0 Å². The molecule has 0 unspecified atom stereocenters. The monoisotopic (exact) mass is 446 g/mol. The molecule has 32 heavy (non-hydrogen) atoms. The van der Waals surface area contributed by atoms with E-state index in [1.807, 2.05) is 18.2 Å². The Balaban J connectivity index is 2.29. The molecule has 0 saturated heterocycles. The van der Waals surface area contributed by atoms with Crippen molar-refractivity contribution < 1.29 is 33.2 Å². The lowest BCUT2D eigenvalue weighted by molar-refractivity contribution is -0.126. The molecule has 176 valence electrons. The van der Waals surface area contributed by atoms with E-state index in [-0.39, 0.29) is 11.8 Å². The number of methoxy groups -OCH3 is 7. The van der Waals surface area contributed by atoms with Gasteiger partial charge in [-0.25, -0.2) is 0 Å². The molecular formula is C25H34O7. The van der Waals surface area contributed by atoms with Crippen LogP contribution in [0.25, 0.3) is 0 Å². The van der Waals surface area contributed by atoms with Gasteiger partial charge < -0.3 is 33.2 Å². The summed E-state index contributed by atoms with van der Waals surface area (Å²) in [6, 6.07) is 10.1. The van der Waals surface area contributed by atoms with E-state index >= 15 is 0 Å². The van der Waals surface area contributed by atoms with Gasteiger partial charge in [-0.05, 0) is 41.0 Å². The van der Waals surface area contributed by atoms with Gasteiger partial charge in [-0.2, -0.15) is 0 Å². The maximum absolute atomic E-state index is 6.19. The molecule has 0 saturated carbocycles. The van der Waals surface area contributed by atoms with Crippen LogP contribution < -0.4 is 18.9 Å². The number of hydrogen-bond acceptors (Lipinski definition) is 7. The largest absolute Gasteiger partial charge is 0.493 e. The maximum Gasteiger partial charge on any atom is 0.161 e. The maximum atomic E-state index is 6.19. The topological polar surface area (TPSA) is 64.6 Å². The fourth-order valence-electron chi connectivity index (χ4n) is 4.92. The molecule has 0 amide bonds. The van der Waals surface area contributed by atoms with E-state index in [0.29, 0.717) is 42.6 Å². The molecule has 0 heterocycles. The molecule has 0 aliphatic heterocycles. The van der Waals surface area contributed by atoms with Crippen molar-refractivity contribution in [2.45, 2.75) is 17.9 Å². The Morgan fingerprint density at radius 1 is 0.750 bits per heavy atom. The number of rotatable bonds is 10. The third-order valence-corrected chi connectivity index (χ3v) is 6.46. The second-order valence-corrected chi connectivity index (χ2v) is 7.94. The zero-order chi connectivity index (χ0) is 23.3. The molecule has 2 aromatic rings. The van der Waals surface area contributed by atoms with Crippen molar-refractivity contribution >= 4 is 0 Å². The van der Waals surface area contributed by atoms with Crippen molar-refractivity contribution in [3.05, 3.63) is 47.0 Å². The first-order valence-corrected chi connectivity index (χ1v) is 10.5. The summed E-state index contributed by atoms with van der Waals surface area (Å²) in [6.07, 6.45) is 0.658. The highest BCUT2D eigenvalue weighted by Crippen LogP contribution is 2.50. The van der Waals surface area contributed by atoms with Crippen LogP contribution in [0, 0.1) is 5.92 Å². The zero-order valence-corrected chi connectivity index (χ0v) is 20.0. The van der Waals surface area contributed by atoms with Crippen LogP contribution in [-0.4, -0.2) is 68.6 Å². The average Bonchev–Trinajstić information content (AvgIpc) is 2.83. The van der Waals surface area contributed by atoms with Crippen LogP contribution >= 0.6 is 0 Å². The zero-order valence-electron chi connectivity index (χ0n) is 20.0. The summed E-state index contributed by atoms with van der Waals surface area (Å²) in [5.41, 5.74) is 2.74. The first-order valence-electron chi connectivity index (χ1n) is 10.5. The van der Waals surface area contributed by atoms with Crippen LogP contribution in [0.15, 0.2) is 30.3 Å². The molecule has 3 atom stereocenters. The van der Waals surface area contributed by atoms with Gasteiger partial charge in [-0.1, -0.05) is 6.07 Å². The van der Waals surface area contributed by atoms with Crippen molar-refractivity contribution in [3.63, 3.8) is 0 Å². The third-order valence-electron chi connectivity index (χ3n) is 6.46.